The number of hydrazine groups is 1. The van der Waals surface area contributed by atoms with E-state index in [2.05, 4.69) is 23.1 Å². The quantitative estimate of drug-likeness (QED) is 0.484. The first-order valence-electron chi connectivity index (χ1n) is 3.81. The summed E-state index contributed by atoms with van der Waals surface area (Å²) in [6.07, 6.45) is 0. The third-order valence-electron chi connectivity index (χ3n) is 1.48. The molecule has 0 heterocycles. The van der Waals surface area contributed by atoms with Gasteiger partial charge >= 0.3 is 0 Å². The molecule has 0 aromatic heterocycles. The molecule has 0 unspecified atom stereocenters. The van der Waals surface area contributed by atoms with Crippen LogP contribution in [0.25, 0.3) is 0 Å². The number of nitrogens with one attached hydrogen (secondary N) is 2. The molecule has 0 bridgehead atoms. The van der Waals surface area contributed by atoms with E-state index < -0.39 is 17.5 Å². The summed E-state index contributed by atoms with van der Waals surface area (Å²) in [5.41, 5.74) is 9.27. The topological polar surface area (TPSA) is 67.2 Å². The summed E-state index contributed by atoms with van der Waals surface area (Å²) in [5, 5.41) is -0.133. The second-order valence-corrected chi connectivity index (χ2v) is 3.01. The molecule has 0 spiro atoms. The number of hydrogen-bond donors (Lipinski definition) is 3. The minimum absolute atomic E-state index is 0.0438. The van der Waals surface area contributed by atoms with Crippen molar-refractivity contribution in [3.63, 3.8) is 0 Å². The first-order valence-corrected chi connectivity index (χ1v) is 4.22. The van der Waals surface area contributed by atoms with Gasteiger partial charge in [-0.2, -0.15) is 0 Å². The first-order chi connectivity index (χ1) is 7.00. The smallest absolute Gasteiger partial charge is 0.269 e. The van der Waals surface area contributed by atoms with Crippen LogP contribution in [0.5, 0.6) is 0 Å². The molecule has 0 radical (unpaired) electrons. The lowest BCUT2D eigenvalue weighted by Crippen LogP contribution is -2.44. The van der Waals surface area contributed by atoms with Crippen molar-refractivity contribution in [1.82, 2.24) is 10.9 Å². The van der Waals surface area contributed by atoms with Crippen molar-refractivity contribution < 1.29 is 13.6 Å². The summed E-state index contributed by atoms with van der Waals surface area (Å²) in [6, 6.07) is 2.76. The largest absolute Gasteiger partial charge is 0.375 e. The van der Waals surface area contributed by atoms with Crippen LogP contribution in [0, 0.1) is 11.6 Å². The Morgan fingerprint density at radius 1 is 1.27 bits per heavy atom. The Balaban J connectivity index is 2.74. The van der Waals surface area contributed by atoms with Crippen molar-refractivity contribution in [3.05, 3.63) is 35.4 Å². The molecule has 0 aliphatic rings. The first kappa shape index (κ1) is 11.3. The summed E-state index contributed by atoms with van der Waals surface area (Å²) < 4.78 is 25.2. The molecule has 15 heavy (non-hydrogen) atoms. The summed E-state index contributed by atoms with van der Waals surface area (Å²) >= 11 is 4.43. The third kappa shape index (κ3) is 3.13. The number of rotatable bonds is 1. The summed E-state index contributed by atoms with van der Waals surface area (Å²) in [5.74, 6) is -2.78. The number of hydrogen-bond acceptors (Lipinski definition) is 2. The number of halogens is 2. The molecule has 0 saturated heterocycles. The molecular formula is C8H7F2N3OS. The van der Waals surface area contributed by atoms with Gasteiger partial charge in [-0.25, -0.2) is 8.78 Å². The lowest BCUT2D eigenvalue weighted by atomic mass is 10.2. The Morgan fingerprint density at radius 3 is 2.47 bits per heavy atom. The highest BCUT2D eigenvalue weighted by atomic mass is 32.1. The maximum atomic E-state index is 12.7. The van der Waals surface area contributed by atoms with Gasteiger partial charge < -0.3 is 5.73 Å². The lowest BCUT2D eigenvalue weighted by Gasteiger charge is -2.06. The van der Waals surface area contributed by atoms with Crippen LogP contribution in [0.4, 0.5) is 8.78 Å². The Kier molecular flexibility index (Phi) is 3.51. The molecule has 0 aliphatic carbocycles. The zero-order valence-electron chi connectivity index (χ0n) is 7.38. The lowest BCUT2D eigenvalue weighted by molar-refractivity contribution is 0.0943. The van der Waals surface area contributed by atoms with Crippen molar-refractivity contribution in [2.45, 2.75) is 0 Å². The Morgan fingerprint density at radius 2 is 1.93 bits per heavy atom. The van der Waals surface area contributed by atoms with E-state index in [9.17, 15) is 13.6 Å². The molecule has 0 aliphatic heterocycles. The molecule has 80 valence electrons. The number of thiocarbonyl (C=S) groups is 1. The van der Waals surface area contributed by atoms with Crippen LogP contribution in [0.15, 0.2) is 18.2 Å². The number of carbonyl (C=O) groups is 1. The molecule has 1 aromatic carbocycles. The van der Waals surface area contributed by atoms with E-state index in [1.54, 1.807) is 0 Å². The van der Waals surface area contributed by atoms with E-state index in [-0.39, 0.29) is 10.7 Å². The van der Waals surface area contributed by atoms with Crippen LogP contribution in [0.1, 0.15) is 10.4 Å². The van der Waals surface area contributed by atoms with Gasteiger partial charge in [0.15, 0.2) is 16.7 Å². The minimum Gasteiger partial charge on any atom is -0.375 e. The SMILES string of the molecule is NC(=S)NNC(=O)c1ccc(F)c(F)c1. The zero-order valence-corrected chi connectivity index (χ0v) is 8.20. The van der Waals surface area contributed by atoms with Crippen LogP contribution < -0.4 is 16.6 Å². The summed E-state index contributed by atoms with van der Waals surface area (Å²) in [4.78, 5) is 11.2. The summed E-state index contributed by atoms with van der Waals surface area (Å²) in [6.45, 7) is 0. The Hall–Kier alpha value is -1.76. The molecule has 0 saturated carbocycles. The number of nitrogens with two attached hydrogens (primary N) is 1. The fraction of sp³-hybridized carbons (Fsp3) is 0. The predicted octanol–water partition coefficient (Wildman–Crippen LogP) is 0.443. The van der Waals surface area contributed by atoms with Crippen molar-refractivity contribution in [3.8, 4) is 0 Å². The van der Waals surface area contributed by atoms with Gasteiger partial charge in [0.2, 0.25) is 0 Å². The second kappa shape index (κ2) is 4.65. The molecule has 4 N–H and O–H groups in total. The van der Waals surface area contributed by atoms with Gasteiger partial charge in [0, 0.05) is 5.56 Å². The standard InChI is InChI=1S/C8H7F2N3OS/c9-5-2-1-4(3-6(5)10)7(14)12-13-8(11)15/h1-3H,(H,12,14)(H3,11,13,15). The van der Waals surface area contributed by atoms with E-state index in [1.807, 2.05) is 0 Å². The monoisotopic (exact) mass is 231 g/mol. The second-order valence-electron chi connectivity index (χ2n) is 2.57. The molecule has 7 heteroatoms. The van der Waals surface area contributed by atoms with E-state index in [4.69, 9.17) is 5.73 Å². The van der Waals surface area contributed by atoms with Gasteiger partial charge in [0.25, 0.3) is 5.91 Å². The normalized spacial score (nSPS) is 9.47. The number of amides is 1. The van der Waals surface area contributed by atoms with Crippen LogP contribution in [-0.4, -0.2) is 11.0 Å². The average molecular weight is 231 g/mol. The fourth-order valence-electron chi connectivity index (χ4n) is 0.828. The highest BCUT2D eigenvalue weighted by Gasteiger charge is 2.08. The van der Waals surface area contributed by atoms with Gasteiger partial charge in [-0.15, -0.1) is 0 Å². The van der Waals surface area contributed by atoms with Gasteiger partial charge in [0.1, 0.15) is 0 Å². The molecule has 0 fully saturated rings. The maximum absolute atomic E-state index is 12.7. The number of carbonyl (C=O) groups excluding carboxylic acids is 1. The van der Waals surface area contributed by atoms with Gasteiger partial charge in [-0.05, 0) is 30.4 Å². The molecule has 1 aromatic rings. The molecular weight excluding hydrogens is 224 g/mol. The van der Waals surface area contributed by atoms with E-state index in [0.29, 0.717) is 0 Å². The van der Waals surface area contributed by atoms with Crippen molar-refractivity contribution in [2.75, 3.05) is 0 Å². The minimum atomic E-state index is -1.10. The average Bonchev–Trinajstić information content (AvgIpc) is 2.18. The van der Waals surface area contributed by atoms with Crippen molar-refractivity contribution in [1.29, 1.82) is 0 Å². The zero-order chi connectivity index (χ0) is 11.4. The summed E-state index contributed by atoms with van der Waals surface area (Å²) in [7, 11) is 0. The van der Waals surface area contributed by atoms with Gasteiger partial charge in [-0.3, -0.25) is 15.6 Å². The van der Waals surface area contributed by atoms with Crippen molar-refractivity contribution >= 4 is 23.2 Å². The Labute approximate surface area is 89.4 Å². The van der Waals surface area contributed by atoms with E-state index >= 15 is 0 Å². The van der Waals surface area contributed by atoms with Crippen molar-refractivity contribution in [2.24, 2.45) is 5.73 Å². The number of benzene rings is 1. The highest BCUT2D eigenvalue weighted by Crippen LogP contribution is 2.07. The van der Waals surface area contributed by atoms with E-state index in [1.165, 1.54) is 0 Å². The molecule has 4 nitrogen and oxygen atoms in total. The molecule has 0 atom stereocenters. The highest BCUT2D eigenvalue weighted by molar-refractivity contribution is 7.80. The van der Waals surface area contributed by atoms with Gasteiger partial charge in [-0.1, -0.05) is 0 Å². The third-order valence-corrected chi connectivity index (χ3v) is 1.58. The van der Waals surface area contributed by atoms with Crippen LogP contribution >= 0.6 is 12.2 Å². The van der Waals surface area contributed by atoms with Crippen LogP contribution in [0.3, 0.4) is 0 Å². The van der Waals surface area contributed by atoms with Crippen LogP contribution in [-0.2, 0) is 0 Å². The van der Waals surface area contributed by atoms with Crippen LogP contribution in [0.2, 0.25) is 0 Å². The molecule has 1 amide bonds. The van der Waals surface area contributed by atoms with Gasteiger partial charge in [0.05, 0.1) is 0 Å². The fourth-order valence-corrected chi connectivity index (χ4v) is 0.879. The molecule has 1 rings (SSSR count). The Bertz CT molecular complexity index is 411. The maximum Gasteiger partial charge on any atom is 0.269 e. The van der Waals surface area contributed by atoms with E-state index in [0.717, 1.165) is 18.2 Å². The predicted molar refractivity (Wildman–Crippen MR) is 53.7 cm³/mol.